The summed E-state index contributed by atoms with van der Waals surface area (Å²) in [5.74, 6) is 1.52. The van der Waals surface area contributed by atoms with Crippen LogP contribution in [-0.4, -0.2) is 64.3 Å². The normalized spacial score (nSPS) is 19.2. The fourth-order valence-electron chi connectivity index (χ4n) is 2.78. The van der Waals surface area contributed by atoms with Gasteiger partial charge >= 0.3 is 0 Å². The van der Waals surface area contributed by atoms with Crippen LogP contribution < -0.4 is 0 Å². The van der Waals surface area contributed by atoms with Gasteiger partial charge in [0.15, 0.2) is 26.6 Å². The van der Waals surface area contributed by atoms with Crippen LogP contribution in [0.2, 0.25) is 0 Å². The molecule has 0 aliphatic carbocycles. The molecule has 0 saturated carbocycles. The average Bonchev–Trinajstić information content (AvgIpc) is 3.30. The van der Waals surface area contributed by atoms with E-state index in [0.717, 1.165) is 0 Å². The minimum Gasteiger partial charge on any atom is -0.461 e. The smallest absolute Gasteiger partial charge is 0.233 e. The first-order chi connectivity index (χ1) is 11.9. The number of carbonyl (C=O) groups is 1. The Labute approximate surface area is 150 Å². The van der Waals surface area contributed by atoms with Crippen LogP contribution in [0.1, 0.15) is 13.3 Å². The number of furan rings is 1. The van der Waals surface area contributed by atoms with E-state index in [9.17, 15) is 13.2 Å². The molecular formula is C15H20N4O4S2. The summed E-state index contributed by atoms with van der Waals surface area (Å²) in [5, 5.41) is 8.92. The summed E-state index contributed by atoms with van der Waals surface area (Å²) in [5.41, 5.74) is 0. The van der Waals surface area contributed by atoms with Crippen LogP contribution in [0.4, 0.5) is 0 Å². The van der Waals surface area contributed by atoms with Crippen molar-refractivity contribution < 1.29 is 17.6 Å². The maximum absolute atomic E-state index is 12.4. The second-order valence-corrected chi connectivity index (χ2v) is 9.05. The molecule has 1 aliphatic heterocycles. The predicted molar refractivity (Wildman–Crippen MR) is 94.0 cm³/mol. The lowest BCUT2D eigenvalue weighted by Gasteiger charge is -2.23. The van der Waals surface area contributed by atoms with Gasteiger partial charge in [0, 0.05) is 19.6 Å². The summed E-state index contributed by atoms with van der Waals surface area (Å²) < 4.78 is 30.4. The van der Waals surface area contributed by atoms with Gasteiger partial charge in [0.1, 0.15) is 0 Å². The molecule has 0 radical (unpaired) electrons. The molecule has 2 aromatic heterocycles. The molecular weight excluding hydrogens is 364 g/mol. The summed E-state index contributed by atoms with van der Waals surface area (Å²) in [6, 6.07) is 3.36. The molecule has 25 heavy (non-hydrogen) atoms. The van der Waals surface area contributed by atoms with E-state index in [-0.39, 0.29) is 29.2 Å². The van der Waals surface area contributed by atoms with Crippen LogP contribution in [0, 0.1) is 0 Å². The van der Waals surface area contributed by atoms with Crippen LogP contribution in [0.15, 0.2) is 28.0 Å². The fraction of sp³-hybridized carbons (Fsp3) is 0.533. The van der Waals surface area contributed by atoms with Crippen molar-refractivity contribution >= 4 is 27.5 Å². The molecule has 2 aromatic rings. The monoisotopic (exact) mass is 384 g/mol. The Kier molecular flexibility index (Phi) is 5.19. The number of hydrogen-bond donors (Lipinski definition) is 0. The number of hydrogen-bond acceptors (Lipinski definition) is 7. The van der Waals surface area contributed by atoms with Gasteiger partial charge in [-0.2, -0.15) is 0 Å². The molecule has 8 nitrogen and oxygen atoms in total. The largest absolute Gasteiger partial charge is 0.461 e. The lowest BCUT2D eigenvalue weighted by atomic mass is 10.2. The molecule has 0 aromatic carbocycles. The first-order valence-corrected chi connectivity index (χ1v) is 10.8. The van der Waals surface area contributed by atoms with Gasteiger partial charge in [0.05, 0.1) is 23.5 Å². The van der Waals surface area contributed by atoms with Crippen LogP contribution in [-0.2, 0) is 21.2 Å². The Morgan fingerprint density at radius 3 is 2.88 bits per heavy atom. The van der Waals surface area contributed by atoms with Gasteiger partial charge in [-0.15, -0.1) is 10.2 Å². The molecule has 0 spiro atoms. The molecule has 1 atom stereocenters. The highest BCUT2D eigenvalue weighted by atomic mass is 32.2. The Hall–Kier alpha value is -1.81. The maximum Gasteiger partial charge on any atom is 0.233 e. The number of thioether (sulfide) groups is 1. The Morgan fingerprint density at radius 1 is 1.48 bits per heavy atom. The zero-order valence-electron chi connectivity index (χ0n) is 14.1. The Morgan fingerprint density at radius 2 is 2.28 bits per heavy atom. The van der Waals surface area contributed by atoms with E-state index in [1.54, 1.807) is 19.4 Å². The van der Waals surface area contributed by atoms with Crippen molar-refractivity contribution in [3.05, 3.63) is 18.4 Å². The SMILES string of the molecule is CCn1c(SCC(=O)N(C)[C@@H]2CCS(=O)(=O)C2)nnc1-c1ccco1. The minimum absolute atomic E-state index is 0.0493. The lowest BCUT2D eigenvalue weighted by molar-refractivity contribution is -0.128. The third-order valence-corrected chi connectivity index (χ3v) is 6.95. The Bertz CT molecular complexity index is 845. The molecule has 3 rings (SSSR count). The van der Waals surface area contributed by atoms with Crippen molar-refractivity contribution in [2.45, 2.75) is 31.1 Å². The van der Waals surface area contributed by atoms with Crippen molar-refractivity contribution in [2.75, 3.05) is 24.3 Å². The number of amides is 1. The van der Waals surface area contributed by atoms with Gasteiger partial charge < -0.3 is 9.32 Å². The van der Waals surface area contributed by atoms with E-state index < -0.39 is 9.84 Å². The molecule has 1 fully saturated rings. The van der Waals surface area contributed by atoms with Crippen LogP contribution in [0.25, 0.3) is 11.6 Å². The fourth-order valence-corrected chi connectivity index (χ4v) is 5.48. The highest BCUT2D eigenvalue weighted by molar-refractivity contribution is 7.99. The molecule has 3 heterocycles. The highest BCUT2D eigenvalue weighted by Crippen LogP contribution is 2.25. The molecule has 136 valence electrons. The van der Waals surface area contributed by atoms with E-state index >= 15 is 0 Å². The van der Waals surface area contributed by atoms with Gasteiger partial charge in [-0.1, -0.05) is 11.8 Å². The summed E-state index contributed by atoms with van der Waals surface area (Å²) in [6.45, 7) is 2.62. The predicted octanol–water partition coefficient (Wildman–Crippen LogP) is 1.30. The van der Waals surface area contributed by atoms with Gasteiger partial charge in [-0.25, -0.2) is 8.42 Å². The van der Waals surface area contributed by atoms with Gasteiger partial charge in [-0.3, -0.25) is 9.36 Å². The number of sulfone groups is 1. The van der Waals surface area contributed by atoms with Gasteiger partial charge in [-0.05, 0) is 25.5 Å². The zero-order valence-corrected chi connectivity index (χ0v) is 15.7. The average molecular weight is 384 g/mol. The number of rotatable bonds is 6. The van der Waals surface area contributed by atoms with Gasteiger partial charge in [0.2, 0.25) is 5.91 Å². The van der Waals surface area contributed by atoms with Crippen LogP contribution >= 0.6 is 11.8 Å². The topological polar surface area (TPSA) is 98.3 Å². The van der Waals surface area contributed by atoms with Crippen LogP contribution in [0.5, 0.6) is 0 Å². The van der Waals surface area contributed by atoms with E-state index in [4.69, 9.17) is 4.42 Å². The third-order valence-electron chi connectivity index (χ3n) is 4.25. The second kappa shape index (κ2) is 7.20. The van der Waals surface area contributed by atoms with Gasteiger partial charge in [0.25, 0.3) is 0 Å². The molecule has 0 bridgehead atoms. The summed E-state index contributed by atoms with van der Waals surface area (Å²) in [4.78, 5) is 13.9. The summed E-state index contributed by atoms with van der Waals surface area (Å²) in [7, 11) is -1.35. The zero-order chi connectivity index (χ0) is 18.0. The third kappa shape index (κ3) is 3.90. The first-order valence-electron chi connectivity index (χ1n) is 7.97. The van der Waals surface area contributed by atoms with E-state index in [1.807, 2.05) is 17.6 Å². The Balaban J connectivity index is 1.64. The molecule has 0 N–H and O–H groups in total. The number of aromatic nitrogens is 3. The van der Waals surface area contributed by atoms with Crippen LogP contribution in [0.3, 0.4) is 0 Å². The maximum atomic E-state index is 12.4. The standard InChI is InChI=1S/C15H20N4O4S2/c1-3-19-14(12-5-4-7-23-12)16-17-15(19)24-9-13(20)18(2)11-6-8-25(21,22)10-11/h4-5,7,11H,3,6,8-10H2,1-2H3/t11-/m1/s1. The molecule has 0 unspecified atom stereocenters. The first kappa shape index (κ1) is 18.0. The van der Waals surface area contributed by atoms with E-state index in [1.165, 1.54) is 16.7 Å². The molecule has 10 heteroatoms. The second-order valence-electron chi connectivity index (χ2n) is 5.88. The van der Waals surface area contributed by atoms with Crippen molar-refractivity contribution in [1.82, 2.24) is 19.7 Å². The van der Waals surface area contributed by atoms with Crippen molar-refractivity contribution in [3.8, 4) is 11.6 Å². The van der Waals surface area contributed by atoms with Crippen molar-refractivity contribution in [3.63, 3.8) is 0 Å². The van der Waals surface area contributed by atoms with E-state index in [2.05, 4.69) is 10.2 Å². The molecule has 1 amide bonds. The lowest BCUT2D eigenvalue weighted by Crippen LogP contribution is -2.38. The quantitative estimate of drug-likeness (QED) is 0.692. The highest BCUT2D eigenvalue weighted by Gasteiger charge is 2.32. The number of carbonyl (C=O) groups excluding carboxylic acids is 1. The van der Waals surface area contributed by atoms with Crippen molar-refractivity contribution in [2.24, 2.45) is 0 Å². The summed E-state index contributed by atoms with van der Waals surface area (Å²) in [6.07, 6.45) is 2.08. The molecule has 1 saturated heterocycles. The molecule has 1 aliphatic rings. The van der Waals surface area contributed by atoms with Crippen molar-refractivity contribution in [1.29, 1.82) is 0 Å². The minimum atomic E-state index is -3.01. The van der Waals surface area contributed by atoms with E-state index in [0.29, 0.717) is 29.7 Å². The summed E-state index contributed by atoms with van der Waals surface area (Å²) >= 11 is 1.29. The number of nitrogens with zero attached hydrogens (tertiary/aromatic N) is 4.